The Balaban J connectivity index is 1.97. The SMILES string of the molecule is CC1CN(Cc2cccc(Cl)c2)CCCN1. The first-order valence-electron chi connectivity index (χ1n) is 5.94. The zero-order valence-corrected chi connectivity index (χ0v) is 10.5. The Bertz CT molecular complexity index is 340. The molecular weight excluding hydrogens is 220 g/mol. The van der Waals surface area contributed by atoms with Gasteiger partial charge >= 0.3 is 0 Å². The van der Waals surface area contributed by atoms with E-state index in [-0.39, 0.29) is 0 Å². The molecule has 1 fully saturated rings. The van der Waals surface area contributed by atoms with Crippen LogP contribution in [0.15, 0.2) is 24.3 Å². The summed E-state index contributed by atoms with van der Waals surface area (Å²) in [7, 11) is 0. The molecule has 0 spiro atoms. The molecule has 0 aromatic heterocycles. The van der Waals surface area contributed by atoms with Crippen molar-refractivity contribution in [2.24, 2.45) is 0 Å². The Kier molecular flexibility index (Phi) is 4.22. The minimum atomic E-state index is 0.585. The maximum atomic E-state index is 5.99. The molecule has 1 aromatic carbocycles. The molecule has 2 nitrogen and oxygen atoms in total. The Hall–Kier alpha value is -0.570. The van der Waals surface area contributed by atoms with Crippen molar-refractivity contribution in [1.82, 2.24) is 10.2 Å². The molecule has 0 radical (unpaired) electrons. The molecule has 1 aliphatic rings. The van der Waals surface area contributed by atoms with Crippen LogP contribution in [-0.2, 0) is 6.54 Å². The molecule has 0 aliphatic carbocycles. The van der Waals surface area contributed by atoms with Crippen LogP contribution in [-0.4, -0.2) is 30.6 Å². The van der Waals surface area contributed by atoms with Crippen LogP contribution in [0.3, 0.4) is 0 Å². The van der Waals surface area contributed by atoms with Crippen molar-refractivity contribution in [2.45, 2.75) is 25.9 Å². The number of hydrogen-bond acceptors (Lipinski definition) is 2. The molecule has 1 aromatic rings. The molecule has 0 amide bonds. The van der Waals surface area contributed by atoms with Crippen LogP contribution in [0.1, 0.15) is 18.9 Å². The highest BCUT2D eigenvalue weighted by molar-refractivity contribution is 6.30. The largest absolute Gasteiger partial charge is 0.313 e. The van der Waals surface area contributed by atoms with E-state index in [2.05, 4.69) is 29.3 Å². The lowest BCUT2D eigenvalue weighted by atomic mass is 10.2. The summed E-state index contributed by atoms with van der Waals surface area (Å²) >= 11 is 5.99. The van der Waals surface area contributed by atoms with E-state index in [1.807, 2.05) is 12.1 Å². The summed E-state index contributed by atoms with van der Waals surface area (Å²) in [6.07, 6.45) is 1.23. The van der Waals surface area contributed by atoms with Crippen LogP contribution in [0, 0.1) is 0 Å². The number of halogens is 1. The summed E-state index contributed by atoms with van der Waals surface area (Å²) in [5.41, 5.74) is 1.31. The Labute approximate surface area is 103 Å². The minimum absolute atomic E-state index is 0.585. The van der Waals surface area contributed by atoms with Crippen LogP contribution in [0.25, 0.3) is 0 Å². The Morgan fingerprint density at radius 1 is 1.50 bits per heavy atom. The summed E-state index contributed by atoms with van der Waals surface area (Å²) in [5.74, 6) is 0. The fourth-order valence-corrected chi connectivity index (χ4v) is 2.44. The summed E-state index contributed by atoms with van der Waals surface area (Å²) in [4.78, 5) is 2.50. The second-order valence-corrected chi connectivity index (χ2v) is 5.01. The van der Waals surface area contributed by atoms with Crippen LogP contribution in [0.4, 0.5) is 0 Å². The van der Waals surface area contributed by atoms with Gasteiger partial charge in [0, 0.05) is 24.2 Å². The smallest absolute Gasteiger partial charge is 0.0409 e. The number of benzene rings is 1. The van der Waals surface area contributed by atoms with E-state index >= 15 is 0 Å². The zero-order valence-electron chi connectivity index (χ0n) is 9.75. The number of rotatable bonds is 2. The van der Waals surface area contributed by atoms with Gasteiger partial charge in [0.05, 0.1) is 0 Å². The van der Waals surface area contributed by atoms with Gasteiger partial charge in [0.25, 0.3) is 0 Å². The van der Waals surface area contributed by atoms with Crippen molar-refractivity contribution in [2.75, 3.05) is 19.6 Å². The highest BCUT2D eigenvalue weighted by Gasteiger charge is 2.13. The third-order valence-corrected chi connectivity index (χ3v) is 3.21. The van der Waals surface area contributed by atoms with Gasteiger partial charge in [0.2, 0.25) is 0 Å². The van der Waals surface area contributed by atoms with E-state index in [0.29, 0.717) is 6.04 Å². The standard InChI is InChI=1S/C13H19ClN2/c1-11-9-16(7-3-6-15-11)10-12-4-2-5-13(14)8-12/h2,4-5,8,11,15H,3,6-7,9-10H2,1H3. The van der Waals surface area contributed by atoms with E-state index in [1.165, 1.54) is 18.5 Å². The monoisotopic (exact) mass is 238 g/mol. The highest BCUT2D eigenvalue weighted by atomic mass is 35.5. The topological polar surface area (TPSA) is 15.3 Å². The van der Waals surface area contributed by atoms with Crippen LogP contribution >= 0.6 is 11.6 Å². The lowest BCUT2D eigenvalue weighted by Crippen LogP contribution is -2.34. The Morgan fingerprint density at radius 3 is 3.19 bits per heavy atom. The van der Waals surface area contributed by atoms with E-state index < -0.39 is 0 Å². The maximum Gasteiger partial charge on any atom is 0.0409 e. The van der Waals surface area contributed by atoms with Crippen molar-refractivity contribution >= 4 is 11.6 Å². The van der Waals surface area contributed by atoms with Crippen LogP contribution < -0.4 is 5.32 Å². The normalized spacial score (nSPS) is 23.0. The predicted molar refractivity (Wildman–Crippen MR) is 68.8 cm³/mol. The third-order valence-electron chi connectivity index (χ3n) is 2.97. The molecule has 1 unspecified atom stereocenters. The van der Waals surface area contributed by atoms with Gasteiger partial charge in [-0.15, -0.1) is 0 Å². The van der Waals surface area contributed by atoms with Crippen LogP contribution in [0.2, 0.25) is 5.02 Å². The lowest BCUT2D eigenvalue weighted by molar-refractivity contribution is 0.265. The van der Waals surface area contributed by atoms with Crippen molar-refractivity contribution in [3.8, 4) is 0 Å². The van der Waals surface area contributed by atoms with Gasteiger partial charge in [-0.25, -0.2) is 0 Å². The molecule has 0 bridgehead atoms. The minimum Gasteiger partial charge on any atom is -0.313 e. The highest BCUT2D eigenvalue weighted by Crippen LogP contribution is 2.13. The van der Waals surface area contributed by atoms with Gasteiger partial charge in [-0.05, 0) is 44.1 Å². The van der Waals surface area contributed by atoms with Crippen molar-refractivity contribution in [3.63, 3.8) is 0 Å². The quantitative estimate of drug-likeness (QED) is 0.852. The first-order chi connectivity index (χ1) is 7.74. The van der Waals surface area contributed by atoms with Gasteiger partial charge in [-0.1, -0.05) is 23.7 Å². The van der Waals surface area contributed by atoms with Gasteiger partial charge in [0.15, 0.2) is 0 Å². The molecule has 1 N–H and O–H groups in total. The average Bonchev–Trinajstić information content (AvgIpc) is 2.43. The van der Waals surface area contributed by atoms with Gasteiger partial charge in [-0.3, -0.25) is 4.90 Å². The van der Waals surface area contributed by atoms with E-state index in [0.717, 1.165) is 24.7 Å². The maximum absolute atomic E-state index is 5.99. The Morgan fingerprint density at radius 2 is 2.38 bits per heavy atom. The third kappa shape index (κ3) is 3.48. The van der Waals surface area contributed by atoms with Crippen molar-refractivity contribution in [1.29, 1.82) is 0 Å². The average molecular weight is 239 g/mol. The second-order valence-electron chi connectivity index (χ2n) is 4.57. The molecule has 88 valence electrons. The molecule has 2 rings (SSSR count). The first-order valence-corrected chi connectivity index (χ1v) is 6.32. The number of nitrogens with zero attached hydrogens (tertiary/aromatic N) is 1. The lowest BCUT2D eigenvalue weighted by Gasteiger charge is -2.22. The van der Waals surface area contributed by atoms with Crippen LogP contribution in [0.5, 0.6) is 0 Å². The summed E-state index contributed by atoms with van der Waals surface area (Å²) in [5, 5.41) is 4.34. The summed E-state index contributed by atoms with van der Waals surface area (Å²) in [6, 6.07) is 8.75. The van der Waals surface area contributed by atoms with Gasteiger partial charge in [0.1, 0.15) is 0 Å². The van der Waals surface area contributed by atoms with E-state index in [9.17, 15) is 0 Å². The molecule has 3 heteroatoms. The number of hydrogen-bond donors (Lipinski definition) is 1. The fourth-order valence-electron chi connectivity index (χ4n) is 2.23. The van der Waals surface area contributed by atoms with E-state index in [4.69, 9.17) is 11.6 Å². The van der Waals surface area contributed by atoms with Crippen molar-refractivity contribution < 1.29 is 0 Å². The van der Waals surface area contributed by atoms with Gasteiger partial charge < -0.3 is 5.32 Å². The zero-order chi connectivity index (χ0) is 11.4. The molecule has 0 saturated carbocycles. The first kappa shape index (κ1) is 11.9. The summed E-state index contributed by atoms with van der Waals surface area (Å²) < 4.78 is 0. The molecule has 16 heavy (non-hydrogen) atoms. The molecular formula is C13H19ClN2. The molecule has 1 atom stereocenters. The van der Waals surface area contributed by atoms with Gasteiger partial charge in [-0.2, -0.15) is 0 Å². The van der Waals surface area contributed by atoms with E-state index in [1.54, 1.807) is 0 Å². The second kappa shape index (κ2) is 5.67. The molecule has 1 heterocycles. The predicted octanol–water partition coefficient (Wildman–Crippen LogP) is 2.52. The molecule has 1 aliphatic heterocycles. The fraction of sp³-hybridized carbons (Fsp3) is 0.538. The summed E-state index contributed by atoms with van der Waals surface area (Å²) in [6.45, 7) is 6.67. The van der Waals surface area contributed by atoms with Crippen molar-refractivity contribution in [3.05, 3.63) is 34.9 Å². The number of nitrogens with one attached hydrogen (secondary N) is 1. The molecule has 1 saturated heterocycles.